The molecule has 5 heteroatoms. The van der Waals surface area contributed by atoms with Gasteiger partial charge in [0.2, 0.25) is 0 Å². The maximum atomic E-state index is 12.5. The average molecular weight is 260 g/mol. The molecule has 0 spiro atoms. The van der Waals surface area contributed by atoms with E-state index in [2.05, 4.69) is 11.2 Å². The fourth-order valence-electron chi connectivity index (χ4n) is 2.65. The smallest absolute Gasteiger partial charge is 0.257 e. The first-order valence-electron chi connectivity index (χ1n) is 6.73. The van der Waals surface area contributed by atoms with Crippen LogP contribution < -0.4 is 0 Å². The van der Waals surface area contributed by atoms with Crippen LogP contribution in [0.15, 0.2) is 6.20 Å². The predicted octanol–water partition coefficient (Wildman–Crippen LogP) is 1.98. The summed E-state index contributed by atoms with van der Waals surface area (Å²) in [6.45, 7) is 7.84. The largest absolute Gasteiger partial charge is 0.337 e. The van der Waals surface area contributed by atoms with Crippen LogP contribution in [0.4, 0.5) is 0 Å². The third-order valence-electron chi connectivity index (χ3n) is 3.89. The molecule has 0 aromatic carbocycles. The van der Waals surface area contributed by atoms with Crippen molar-refractivity contribution in [2.24, 2.45) is 5.41 Å². The lowest BCUT2D eigenvalue weighted by Gasteiger charge is -2.35. The molecular weight excluding hydrogens is 240 g/mol. The Labute approximate surface area is 113 Å². The quantitative estimate of drug-likeness (QED) is 0.816. The number of aromatic nitrogens is 2. The molecule has 1 aliphatic rings. The fraction of sp³-hybridized carbons (Fsp3) is 0.643. The van der Waals surface area contributed by atoms with Gasteiger partial charge in [-0.1, -0.05) is 0 Å². The van der Waals surface area contributed by atoms with E-state index in [1.54, 1.807) is 11.1 Å². The minimum Gasteiger partial charge on any atom is -0.337 e. The molecule has 1 amide bonds. The molecule has 5 nitrogen and oxygen atoms in total. The molecule has 0 N–H and O–H groups in total. The fourth-order valence-corrected chi connectivity index (χ4v) is 2.65. The first-order chi connectivity index (χ1) is 9.00. The molecule has 19 heavy (non-hydrogen) atoms. The Kier molecular flexibility index (Phi) is 3.61. The van der Waals surface area contributed by atoms with Gasteiger partial charge in [0.25, 0.3) is 5.91 Å². The summed E-state index contributed by atoms with van der Waals surface area (Å²) < 4.78 is 1.82. The maximum absolute atomic E-state index is 12.5. The van der Waals surface area contributed by atoms with Gasteiger partial charge < -0.3 is 4.90 Å². The number of rotatable bonds is 2. The first-order valence-corrected chi connectivity index (χ1v) is 6.73. The summed E-state index contributed by atoms with van der Waals surface area (Å²) in [4.78, 5) is 14.3. The van der Waals surface area contributed by atoms with Crippen LogP contribution in [0.25, 0.3) is 0 Å². The van der Waals surface area contributed by atoms with Crippen LogP contribution in [0.2, 0.25) is 0 Å². The molecule has 1 atom stereocenters. The SMILES string of the molecule is CCn1ncc(C(=O)N2CCCC(C)(C#N)C2)c1C. The Balaban J connectivity index is 2.20. The monoisotopic (exact) mass is 260 g/mol. The van der Waals surface area contributed by atoms with E-state index in [-0.39, 0.29) is 5.91 Å². The molecule has 1 aromatic rings. The number of nitriles is 1. The molecule has 1 unspecified atom stereocenters. The van der Waals surface area contributed by atoms with Gasteiger partial charge in [0.05, 0.1) is 23.2 Å². The highest BCUT2D eigenvalue weighted by Crippen LogP contribution is 2.29. The second-order valence-corrected chi connectivity index (χ2v) is 5.46. The zero-order chi connectivity index (χ0) is 14.0. The summed E-state index contributed by atoms with van der Waals surface area (Å²) in [7, 11) is 0. The topological polar surface area (TPSA) is 61.9 Å². The van der Waals surface area contributed by atoms with Crippen molar-refractivity contribution >= 4 is 5.91 Å². The predicted molar refractivity (Wildman–Crippen MR) is 71.5 cm³/mol. The standard InChI is InChI=1S/C14H20N4O/c1-4-18-11(2)12(8-16-18)13(19)17-7-5-6-14(3,9-15)10-17/h8H,4-7,10H2,1-3H3. The molecule has 102 valence electrons. The molecule has 0 saturated carbocycles. The van der Waals surface area contributed by atoms with E-state index in [0.717, 1.165) is 31.6 Å². The van der Waals surface area contributed by atoms with Crippen molar-refractivity contribution in [3.8, 4) is 6.07 Å². The van der Waals surface area contributed by atoms with E-state index in [4.69, 9.17) is 0 Å². The Morgan fingerprint density at radius 2 is 2.37 bits per heavy atom. The molecule has 2 heterocycles. The lowest BCUT2D eigenvalue weighted by atomic mass is 9.83. The third kappa shape index (κ3) is 2.48. The number of amides is 1. The number of likely N-dealkylation sites (tertiary alicyclic amines) is 1. The van der Waals surface area contributed by atoms with Gasteiger partial charge in [0, 0.05) is 25.3 Å². The lowest BCUT2D eigenvalue weighted by Crippen LogP contribution is -2.44. The highest BCUT2D eigenvalue weighted by molar-refractivity contribution is 5.95. The Bertz CT molecular complexity index is 528. The van der Waals surface area contributed by atoms with Crippen molar-refractivity contribution in [2.75, 3.05) is 13.1 Å². The van der Waals surface area contributed by atoms with Gasteiger partial charge in [0.15, 0.2) is 0 Å². The number of aryl methyl sites for hydroxylation is 1. The van der Waals surface area contributed by atoms with E-state index < -0.39 is 5.41 Å². The molecule has 2 rings (SSSR count). The van der Waals surface area contributed by atoms with E-state index in [9.17, 15) is 10.1 Å². The van der Waals surface area contributed by atoms with Crippen LogP contribution in [0, 0.1) is 23.7 Å². The highest BCUT2D eigenvalue weighted by Gasteiger charge is 2.34. The zero-order valence-corrected chi connectivity index (χ0v) is 11.8. The zero-order valence-electron chi connectivity index (χ0n) is 11.8. The molecule has 1 fully saturated rings. The number of hydrogen-bond acceptors (Lipinski definition) is 3. The first kappa shape index (κ1) is 13.6. The number of hydrogen-bond donors (Lipinski definition) is 0. The number of nitrogens with zero attached hydrogens (tertiary/aromatic N) is 4. The van der Waals surface area contributed by atoms with E-state index in [1.807, 2.05) is 25.5 Å². The summed E-state index contributed by atoms with van der Waals surface area (Å²) in [5.74, 6) is -0.00150. The third-order valence-corrected chi connectivity index (χ3v) is 3.89. The van der Waals surface area contributed by atoms with Crippen LogP contribution in [0.1, 0.15) is 42.7 Å². The number of piperidine rings is 1. The van der Waals surface area contributed by atoms with Crippen LogP contribution in [0.5, 0.6) is 0 Å². The van der Waals surface area contributed by atoms with E-state index in [0.29, 0.717) is 12.1 Å². The van der Waals surface area contributed by atoms with E-state index >= 15 is 0 Å². The lowest BCUT2D eigenvalue weighted by molar-refractivity contribution is 0.0629. The Morgan fingerprint density at radius 1 is 1.63 bits per heavy atom. The maximum Gasteiger partial charge on any atom is 0.257 e. The number of carbonyl (C=O) groups excluding carboxylic acids is 1. The van der Waals surface area contributed by atoms with Gasteiger partial charge in [-0.3, -0.25) is 9.48 Å². The summed E-state index contributed by atoms with van der Waals surface area (Å²) in [6, 6.07) is 2.33. The molecule has 1 aromatic heterocycles. The van der Waals surface area contributed by atoms with Crippen molar-refractivity contribution in [3.05, 3.63) is 17.5 Å². The van der Waals surface area contributed by atoms with Gasteiger partial charge in [-0.2, -0.15) is 10.4 Å². The van der Waals surface area contributed by atoms with E-state index in [1.165, 1.54) is 0 Å². The highest BCUT2D eigenvalue weighted by atomic mass is 16.2. The van der Waals surface area contributed by atoms with Gasteiger partial charge in [-0.15, -0.1) is 0 Å². The summed E-state index contributed by atoms with van der Waals surface area (Å²) in [5, 5.41) is 13.4. The second kappa shape index (κ2) is 5.04. The van der Waals surface area contributed by atoms with Crippen molar-refractivity contribution in [3.63, 3.8) is 0 Å². The normalized spacial score (nSPS) is 23.2. The van der Waals surface area contributed by atoms with Crippen molar-refractivity contribution in [1.29, 1.82) is 5.26 Å². The second-order valence-electron chi connectivity index (χ2n) is 5.46. The summed E-state index contributed by atoms with van der Waals surface area (Å²) in [5.41, 5.74) is 1.14. The number of carbonyl (C=O) groups is 1. The van der Waals surface area contributed by atoms with Gasteiger partial charge in [0.1, 0.15) is 0 Å². The molecular formula is C14H20N4O. The summed E-state index contributed by atoms with van der Waals surface area (Å²) >= 11 is 0. The van der Waals surface area contributed by atoms with Crippen LogP contribution in [0.3, 0.4) is 0 Å². The average Bonchev–Trinajstić information content (AvgIpc) is 2.79. The van der Waals surface area contributed by atoms with Crippen LogP contribution >= 0.6 is 0 Å². The van der Waals surface area contributed by atoms with Crippen LogP contribution in [-0.4, -0.2) is 33.7 Å². The Morgan fingerprint density at radius 3 is 2.95 bits per heavy atom. The Hall–Kier alpha value is -1.83. The van der Waals surface area contributed by atoms with Crippen molar-refractivity contribution in [2.45, 2.75) is 40.2 Å². The molecule has 0 bridgehead atoms. The molecule has 0 radical (unpaired) electrons. The van der Waals surface area contributed by atoms with Gasteiger partial charge in [-0.05, 0) is 33.6 Å². The van der Waals surface area contributed by atoms with Crippen LogP contribution in [-0.2, 0) is 6.54 Å². The minimum absolute atomic E-state index is 0.00150. The van der Waals surface area contributed by atoms with Crippen molar-refractivity contribution < 1.29 is 4.79 Å². The van der Waals surface area contributed by atoms with Crippen molar-refractivity contribution in [1.82, 2.24) is 14.7 Å². The molecule has 1 saturated heterocycles. The molecule has 1 aliphatic heterocycles. The molecule has 0 aliphatic carbocycles. The van der Waals surface area contributed by atoms with Gasteiger partial charge in [-0.25, -0.2) is 0 Å². The summed E-state index contributed by atoms with van der Waals surface area (Å²) in [6.07, 6.45) is 3.39. The van der Waals surface area contributed by atoms with Gasteiger partial charge >= 0.3 is 0 Å². The minimum atomic E-state index is -0.414.